The smallest absolute Gasteiger partial charge is 0.324 e. The van der Waals surface area contributed by atoms with Gasteiger partial charge in [-0.1, -0.05) is 19.4 Å². The van der Waals surface area contributed by atoms with Crippen molar-refractivity contribution in [1.29, 1.82) is 0 Å². The fourth-order valence-electron chi connectivity index (χ4n) is 3.66. The third-order valence-corrected chi connectivity index (χ3v) is 7.31. The Hall–Kier alpha value is -1.93. The first-order chi connectivity index (χ1) is 14.5. The molecular formula is C23H35NO6S. The molecule has 2 rings (SSSR count). The third-order valence-electron chi connectivity index (χ3n) is 5.36. The molecule has 0 N–H and O–H groups in total. The van der Waals surface area contributed by atoms with Crippen LogP contribution in [-0.4, -0.2) is 49.8 Å². The van der Waals surface area contributed by atoms with Gasteiger partial charge >= 0.3 is 5.97 Å². The summed E-state index contributed by atoms with van der Waals surface area (Å²) in [5.41, 5.74) is 0.184. The van der Waals surface area contributed by atoms with Crippen LogP contribution in [0.15, 0.2) is 23.1 Å². The first kappa shape index (κ1) is 25.3. The van der Waals surface area contributed by atoms with Crippen molar-refractivity contribution in [1.82, 2.24) is 4.31 Å². The topological polar surface area (TPSA) is 90.0 Å². The molecule has 1 fully saturated rings. The maximum Gasteiger partial charge on any atom is 0.324 e. The van der Waals surface area contributed by atoms with Crippen molar-refractivity contribution in [2.45, 2.75) is 83.3 Å². The van der Waals surface area contributed by atoms with Gasteiger partial charge < -0.3 is 14.3 Å². The Morgan fingerprint density at radius 1 is 1.32 bits per heavy atom. The van der Waals surface area contributed by atoms with Crippen molar-refractivity contribution in [2.75, 3.05) is 13.2 Å². The van der Waals surface area contributed by atoms with Gasteiger partial charge in [0, 0.05) is 13.0 Å². The van der Waals surface area contributed by atoms with E-state index >= 15 is 0 Å². The van der Waals surface area contributed by atoms with E-state index in [0.29, 0.717) is 32.3 Å². The van der Waals surface area contributed by atoms with Gasteiger partial charge in [-0.25, -0.2) is 8.42 Å². The number of ether oxygens (including phenoxy) is 2. The lowest BCUT2D eigenvalue weighted by Crippen LogP contribution is -2.43. The Balaban J connectivity index is 2.25. The lowest BCUT2D eigenvalue weighted by atomic mass is 10.00. The first-order valence-corrected chi connectivity index (χ1v) is 12.4. The Labute approximate surface area is 186 Å². The number of aldehydes is 1. The zero-order valence-electron chi connectivity index (χ0n) is 19.2. The summed E-state index contributed by atoms with van der Waals surface area (Å²) in [6.45, 7) is 9.74. The molecule has 0 aromatic heterocycles. The number of sulfonamides is 1. The van der Waals surface area contributed by atoms with Gasteiger partial charge in [0.1, 0.15) is 28.6 Å². The maximum absolute atomic E-state index is 13.5. The van der Waals surface area contributed by atoms with Crippen molar-refractivity contribution in [3.8, 4) is 5.75 Å². The number of rotatable bonds is 10. The molecule has 1 heterocycles. The number of esters is 1. The summed E-state index contributed by atoms with van der Waals surface area (Å²) in [5, 5.41) is 0. The number of carbonyl (C=O) groups excluding carboxylic acids is 2. The average Bonchev–Trinajstić information content (AvgIpc) is 3.17. The molecule has 7 nitrogen and oxygen atoms in total. The van der Waals surface area contributed by atoms with E-state index in [2.05, 4.69) is 0 Å². The second kappa shape index (κ2) is 10.6. The van der Waals surface area contributed by atoms with E-state index in [1.165, 1.54) is 10.4 Å². The number of hydrogen-bond donors (Lipinski definition) is 0. The molecule has 31 heavy (non-hydrogen) atoms. The molecule has 0 aliphatic carbocycles. The number of hydrogen-bond acceptors (Lipinski definition) is 6. The SMILES string of the molecule is CC[C@@H](CC=O)CCOc1cc(C)ccc1S(=O)(=O)N1CCC[C@H]1C(=O)OC(C)(C)C. The molecule has 1 aromatic carbocycles. The minimum atomic E-state index is -3.95. The van der Waals surface area contributed by atoms with Gasteiger partial charge in [-0.05, 0) is 70.6 Å². The molecular weight excluding hydrogens is 418 g/mol. The van der Waals surface area contributed by atoms with E-state index in [1.54, 1.807) is 32.9 Å². The summed E-state index contributed by atoms with van der Waals surface area (Å²) in [6, 6.07) is 4.12. The zero-order chi connectivity index (χ0) is 23.2. The normalized spacial score (nSPS) is 18.5. The van der Waals surface area contributed by atoms with E-state index in [1.807, 2.05) is 13.8 Å². The van der Waals surface area contributed by atoms with Crippen molar-refractivity contribution in [3.63, 3.8) is 0 Å². The number of carbonyl (C=O) groups is 2. The second-order valence-corrected chi connectivity index (χ2v) is 10.9. The van der Waals surface area contributed by atoms with Crippen LogP contribution in [-0.2, 0) is 24.3 Å². The van der Waals surface area contributed by atoms with Gasteiger partial charge in [0.05, 0.1) is 6.61 Å². The van der Waals surface area contributed by atoms with Crippen LogP contribution in [0, 0.1) is 12.8 Å². The summed E-state index contributed by atoms with van der Waals surface area (Å²) >= 11 is 0. The lowest BCUT2D eigenvalue weighted by Gasteiger charge is -2.27. The van der Waals surface area contributed by atoms with Crippen LogP contribution < -0.4 is 4.74 Å². The van der Waals surface area contributed by atoms with Gasteiger partial charge in [0.2, 0.25) is 10.0 Å². The average molecular weight is 454 g/mol. The van der Waals surface area contributed by atoms with Crippen LogP contribution in [0.25, 0.3) is 0 Å². The minimum Gasteiger partial charge on any atom is -0.492 e. The molecule has 2 atom stereocenters. The molecule has 0 unspecified atom stereocenters. The fraction of sp³-hybridized carbons (Fsp3) is 0.652. The molecule has 0 amide bonds. The van der Waals surface area contributed by atoms with Gasteiger partial charge in [-0.2, -0.15) is 4.31 Å². The maximum atomic E-state index is 13.5. The Kier molecular flexibility index (Phi) is 8.65. The molecule has 0 saturated carbocycles. The van der Waals surface area contributed by atoms with Crippen LogP contribution in [0.2, 0.25) is 0 Å². The largest absolute Gasteiger partial charge is 0.492 e. The summed E-state index contributed by atoms with van der Waals surface area (Å²) in [6.07, 6.45) is 3.90. The van der Waals surface area contributed by atoms with Crippen LogP contribution in [0.5, 0.6) is 5.75 Å². The van der Waals surface area contributed by atoms with Crippen LogP contribution >= 0.6 is 0 Å². The van der Waals surface area contributed by atoms with Crippen molar-refractivity contribution in [2.24, 2.45) is 5.92 Å². The summed E-state index contributed by atoms with van der Waals surface area (Å²) < 4.78 is 39.6. The second-order valence-electron chi connectivity index (χ2n) is 9.07. The van der Waals surface area contributed by atoms with Gasteiger partial charge in [0.25, 0.3) is 0 Å². The number of aryl methyl sites for hydroxylation is 1. The Morgan fingerprint density at radius 3 is 2.65 bits per heavy atom. The molecule has 1 aliphatic heterocycles. The molecule has 8 heteroatoms. The molecule has 0 bridgehead atoms. The monoisotopic (exact) mass is 453 g/mol. The molecule has 0 spiro atoms. The molecule has 0 radical (unpaired) electrons. The fourth-order valence-corrected chi connectivity index (χ4v) is 5.42. The number of nitrogens with zero attached hydrogens (tertiary/aromatic N) is 1. The summed E-state index contributed by atoms with van der Waals surface area (Å²) in [5.74, 6) is -0.0453. The van der Waals surface area contributed by atoms with E-state index in [9.17, 15) is 18.0 Å². The highest BCUT2D eigenvalue weighted by molar-refractivity contribution is 7.89. The van der Waals surface area contributed by atoms with E-state index in [4.69, 9.17) is 9.47 Å². The lowest BCUT2D eigenvalue weighted by molar-refractivity contribution is -0.158. The highest BCUT2D eigenvalue weighted by Crippen LogP contribution is 2.33. The van der Waals surface area contributed by atoms with Gasteiger partial charge in [0.15, 0.2) is 0 Å². The standard InChI is InChI=1S/C23H35NO6S/c1-6-18(11-14-25)12-15-29-20-16-17(2)9-10-21(20)31(27,28)24-13-7-8-19(24)22(26)30-23(3,4)5/h9-10,14,16,18-19H,6-8,11-13,15H2,1-5H3/t18-,19-/m0/s1. The van der Waals surface area contributed by atoms with E-state index < -0.39 is 27.6 Å². The quantitative estimate of drug-likeness (QED) is 0.395. The third kappa shape index (κ3) is 6.77. The van der Waals surface area contributed by atoms with Crippen molar-refractivity contribution >= 4 is 22.3 Å². The van der Waals surface area contributed by atoms with Crippen molar-refractivity contribution in [3.05, 3.63) is 23.8 Å². The summed E-state index contributed by atoms with van der Waals surface area (Å²) in [7, 11) is -3.95. The van der Waals surface area contributed by atoms with Gasteiger partial charge in [-0.3, -0.25) is 4.79 Å². The molecule has 1 saturated heterocycles. The molecule has 1 aliphatic rings. The Bertz CT molecular complexity index is 875. The highest BCUT2D eigenvalue weighted by atomic mass is 32.2. The van der Waals surface area contributed by atoms with E-state index in [0.717, 1.165) is 18.3 Å². The molecule has 174 valence electrons. The number of benzene rings is 1. The summed E-state index contributed by atoms with van der Waals surface area (Å²) in [4.78, 5) is 23.5. The predicted octanol–water partition coefficient (Wildman–Crippen LogP) is 3.87. The first-order valence-electron chi connectivity index (χ1n) is 10.9. The molecule has 1 aromatic rings. The van der Waals surface area contributed by atoms with Gasteiger partial charge in [-0.15, -0.1) is 0 Å². The van der Waals surface area contributed by atoms with Crippen molar-refractivity contribution < 1.29 is 27.5 Å². The Morgan fingerprint density at radius 2 is 2.03 bits per heavy atom. The van der Waals surface area contributed by atoms with E-state index in [-0.39, 0.29) is 23.1 Å². The predicted molar refractivity (Wildman–Crippen MR) is 119 cm³/mol. The van der Waals surface area contributed by atoms with Crippen LogP contribution in [0.4, 0.5) is 0 Å². The van der Waals surface area contributed by atoms with Crippen LogP contribution in [0.3, 0.4) is 0 Å². The highest BCUT2D eigenvalue weighted by Gasteiger charge is 2.42. The zero-order valence-corrected chi connectivity index (χ0v) is 20.0. The van der Waals surface area contributed by atoms with Crippen LogP contribution in [0.1, 0.15) is 65.4 Å². The minimum absolute atomic E-state index is 0.0528.